The van der Waals surface area contributed by atoms with Gasteiger partial charge in [0, 0.05) is 25.0 Å². The van der Waals surface area contributed by atoms with Crippen LogP contribution < -0.4 is 15.6 Å². The molecule has 0 atom stereocenters. The number of para-hydroxylation sites is 2. The van der Waals surface area contributed by atoms with Gasteiger partial charge in [0.15, 0.2) is 11.4 Å². The van der Waals surface area contributed by atoms with E-state index in [1.165, 1.54) is 17.9 Å². The van der Waals surface area contributed by atoms with Crippen molar-refractivity contribution in [2.24, 2.45) is 0 Å². The van der Waals surface area contributed by atoms with Crippen LogP contribution in [0.4, 0.5) is 11.4 Å². The topological polar surface area (TPSA) is 87.5 Å². The van der Waals surface area contributed by atoms with Crippen LogP contribution in [0.1, 0.15) is 21.6 Å². The normalized spacial score (nSPS) is 10.6. The molecule has 2 aromatic carbocycles. The highest BCUT2D eigenvalue weighted by Crippen LogP contribution is 2.30. The SMILES string of the molecule is CNC(=O)c1nn(CCN(c2ccccc2C)c2ccccc2C)cc(O)c1=O. The number of hydrogen-bond acceptors (Lipinski definition) is 5. The molecule has 7 heteroatoms. The number of aryl methyl sites for hydroxylation is 2. The summed E-state index contributed by atoms with van der Waals surface area (Å²) in [7, 11) is 1.41. The van der Waals surface area contributed by atoms with Gasteiger partial charge >= 0.3 is 0 Å². The van der Waals surface area contributed by atoms with Crippen molar-refractivity contribution in [1.29, 1.82) is 0 Å². The highest BCUT2D eigenvalue weighted by atomic mass is 16.3. The molecular weight excluding hydrogens is 368 g/mol. The van der Waals surface area contributed by atoms with Gasteiger partial charge < -0.3 is 15.3 Å². The number of benzene rings is 2. The zero-order chi connectivity index (χ0) is 21.0. The fraction of sp³-hybridized carbons (Fsp3) is 0.227. The second kappa shape index (κ2) is 8.60. The van der Waals surface area contributed by atoms with Gasteiger partial charge in [0.25, 0.3) is 11.3 Å². The van der Waals surface area contributed by atoms with E-state index in [4.69, 9.17) is 0 Å². The van der Waals surface area contributed by atoms with Crippen LogP contribution in [0, 0.1) is 13.8 Å². The molecule has 2 N–H and O–H groups in total. The third kappa shape index (κ3) is 4.29. The summed E-state index contributed by atoms with van der Waals surface area (Å²) in [4.78, 5) is 26.1. The van der Waals surface area contributed by atoms with Gasteiger partial charge in [0.05, 0.1) is 12.7 Å². The molecule has 0 spiro atoms. The van der Waals surface area contributed by atoms with Gasteiger partial charge in [-0.05, 0) is 37.1 Å². The van der Waals surface area contributed by atoms with E-state index in [0.29, 0.717) is 13.1 Å². The van der Waals surface area contributed by atoms with Crippen molar-refractivity contribution >= 4 is 17.3 Å². The van der Waals surface area contributed by atoms with Crippen molar-refractivity contribution in [3.8, 4) is 5.75 Å². The van der Waals surface area contributed by atoms with Gasteiger partial charge in [0.1, 0.15) is 0 Å². The quantitative estimate of drug-likeness (QED) is 0.674. The van der Waals surface area contributed by atoms with Crippen LogP contribution in [-0.4, -0.2) is 34.4 Å². The predicted octanol–water partition coefficient (Wildman–Crippen LogP) is 2.76. The van der Waals surface area contributed by atoms with Crippen LogP contribution in [0.2, 0.25) is 0 Å². The largest absolute Gasteiger partial charge is 0.503 e. The number of rotatable bonds is 6. The Balaban J connectivity index is 1.97. The fourth-order valence-corrected chi connectivity index (χ4v) is 3.21. The fourth-order valence-electron chi connectivity index (χ4n) is 3.21. The third-order valence-corrected chi connectivity index (χ3v) is 4.75. The lowest BCUT2D eigenvalue weighted by molar-refractivity contribution is 0.0953. The number of aromatic nitrogens is 2. The Kier molecular flexibility index (Phi) is 5.97. The van der Waals surface area contributed by atoms with Crippen molar-refractivity contribution in [3.63, 3.8) is 0 Å². The lowest BCUT2D eigenvalue weighted by Crippen LogP contribution is -2.31. The number of nitrogens with one attached hydrogen (secondary N) is 1. The Bertz CT molecular complexity index is 1050. The Morgan fingerprint density at radius 3 is 2.14 bits per heavy atom. The zero-order valence-corrected chi connectivity index (χ0v) is 16.7. The van der Waals surface area contributed by atoms with Crippen LogP contribution >= 0.6 is 0 Å². The number of aromatic hydroxyl groups is 1. The predicted molar refractivity (Wildman–Crippen MR) is 113 cm³/mol. The Morgan fingerprint density at radius 1 is 1.07 bits per heavy atom. The number of anilines is 2. The Morgan fingerprint density at radius 2 is 1.62 bits per heavy atom. The monoisotopic (exact) mass is 392 g/mol. The smallest absolute Gasteiger partial charge is 0.275 e. The highest BCUT2D eigenvalue weighted by Gasteiger charge is 2.17. The van der Waals surface area contributed by atoms with E-state index >= 15 is 0 Å². The highest BCUT2D eigenvalue weighted by molar-refractivity contribution is 5.92. The molecule has 1 heterocycles. The van der Waals surface area contributed by atoms with Crippen LogP contribution in [0.3, 0.4) is 0 Å². The zero-order valence-electron chi connectivity index (χ0n) is 16.7. The maximum Gasteiger partial charge on any atom is 0.275 e. The Hall–Kier alpha value is -3.61. The average molecular weight is 392 g/mol. The van der Waals surface area contributed by atoms with Gasteiger partial charge in [-0.1, -0.05) is 36.4 Å². The standard InChI is InChI=1S/C22H24N4O3/c1-15-8-4-6-10-17(15)26(18-11-7-5-9-16(18)2)13-12-25-14-19(27)21(28)20(24-25)22(29)23-3/h4-11,14,27H,12-13H2,1-3H3,(H,23,29). The molecule has 150 valence electrons. The second-order valence-electron chi connectivity index (χ2n) is 6.76. The molecule has 0 aliphatic heterocycles. The van der Waals surface area contributed by atoms with Crippen molar-refractivity contribution in [2.45, 2.75) is 20.4 Å². The molecule has 0 unspecified atom stereocenters. The van der Waals surface area contributed by atoms with E-state index in [1.54, 1.807) is 0 Å². The minimum Gasteiger partial charge on any atom is -0.503 e. The molecule has 0 saturated carbocycles. The first-order chi connectivity index (χ1) is 13.9. The summed E-state index contributed by atoms with van der Waals surface area (Å²) in [5, 5.41) is 16.4. The van der Waals surface area contributed by atoms with Crippen LogP contribution in [0.5, 0.6) is 5.75 Å². The summed E-state index contributed by atoms with van der Waals surface area (Å²) < 4.78 is 1.42. The number of carbonyl (C=O) groups is 1. The molecule has 0 radical (unpaired) electrons. The van der Waals surface area contributed by atoms with Gasteiger partial charge in [-0.15, -0.1) is 0 Å². The molecule has 7 nitrogen and oxygen atoms in total. The van der Waals surface area contributed by atoms with Gasteiger partial charge in [-0.25, -0.2) is 0 Å². The lowest BCUT2D eigenvalue weighted by Gasteiger charge is -2.28. The first-order valence-electron chi connectivity index (χ1n) is 9.34. The summed E-state index contributed by atoms with van der Waals surface area (Å²) in [6.07, 6.45) is 1.25. The Labute approximate surface area is 169 Å². The maximum atomic E-state index is 12.0. The van der Waals surface area contributed by atoms with Crippen LogP contribution in [0.25, 0.3) is 0 Å². The molecule has 3 aromatic rings. The van der Waals surface area contributed by atoms with E-state index < -0.39 is 17.1 Å². The summed E-state index contributed by atoms with van der Waals surface area (Å²) >= 11 is 0. The molecular formula is C22H24N4O3. The summed E-state index contributed by atoms with van der Waals surface area (Å²) in [6, 6.07) is 16.2. The number of amides is 1. The van der Waals surface area contributed by atoms with Crippen molar-refractivity contribution < 1.29 is 9.90 Å². The summed E-state index contributed by atoms with van der Waals surface area (Å²) in [5.74, 6) is -1.13. The van der Waals surface area contributed by atoms with Crippen LogP contribution in [0.15, 0.2) is 59.5 Å². The van der Waals surface area contributed by atoms with Crippen LogP contribution in [-0.2, 0) is 6.54 Å². The second-order valence-corrected chi connectivity index (χ2v) is 6.76. The first kappa shape index (κ1) is 20.1. The first-order valence-corrected chi connectivity index (χ1v) is 9.34. The van der Waals surface area contributed by atoms with E-state index in [0.717, 1.165) is 22.5 Å². The van der Waals surface area contributed by atoms with E-state index in [9.17, 15) is 14.7 Å². The van der Waals surface area contributed by atoms with Crippen molar-refractivity contribution in [1.82, 2.24) is 15.1 Å². The van der Waals surface area contributed by atoms with Gasteiger partial charge in [0.2, 0.25) is 0 Å². The third-order valence-electron chi connectivity index (χ3n) is 4.75. The number of carbonyl (C=O) groups excluding carboxylic acids is 1. The van der Waals surface area contributed by atoms with Crippen molar-refractivity contribution in [2.75, 3.05) is 18.5 Å². The van der Waals surface area contributed by atoms with Crippen molar-refractivity contribution in [3.05, 3.63) is 81.8 Å². The van der Waals surface area contributed by atoms with E-state index in [1.807, 2.05) is 62.4 Å². The summed E-state index contributed by atoms with van der Waals surface area (Å²) in [6.45, 7) is 4.99. The molecule has 0 aliphatic rings. The lowest BCUT2D eigenvalue weighted by atomic mass is 10.1. The molecule has 29 heavy (non-hydrogen) atoms. The van der Waals surface area contributed by atoms with E-state index in [-0.39, 0.29) is 5.69 Å². The van der Waals surface area contributed by atoms with Gasteiger partial charge in [-0.2, -0.15) is 5.10 Å². The molecule has 3 rings (SSSR count). The molecule has 1 aromatic heterocycles. The summed E-state index contributed by atoms with van der Waals surface area (Å²) in [5.41, 5.74) is 3.24. The molecule has 1 amide bonds. The number of nitrogens with zero attached hydrogens (tertiary/aromatic N) is 3. The van der Waals surface area contributed by atoms with E-state index in [2.05, 4.69) is 15.3 Å². The molecule has 0 bridgehead atoms. The minimum absolute atomic E-state index is 0.328. The number of hydrogen-bond donors (Lipinski definition) is 2. The van der Waals surface area contributed by atoms with Gasteiger partial charge in [-0.3, -0.25) is 14.3 Å². The molecule has 0 aliphatic carbocycles. The maximum absolute atomic E-state index is 12.0. The average Bonchev–Trinajstić information content (AvgIpc) is 2.72. The molecule has 0 fully saturated rings. The molecule has 0 saturated heterocycles. The minimum atomic E-state index is -0.782.